The van der Waals surface area contributed by atoms with Crippen molar-refractivity contribution in [2.24, 2.45) is 11.8 Å². The molecule has 3 unspecified atom stereocenters. The molecule has 1 amide bonds. The van der Waals surface area contributed by atoms with Gasteiger partial charge in [0.25, 0.3) is 5.91 Å². The average Bonchev–Trinajstić information content (AvgIpc) is 2.93. The van der Waals surface area contributed by atoms with Crippen molar-refractivity contribution in [3.8, 4) is 11.5 Å². The summed E-state index contributed by atoms with van der Waals surface area (Å²) in [4.78, 5) is 40.5. The average molecular weight is 561 g/mol. The van der Waals surface area contributed by atoms with Crippen LogP contribution in [0, 0.1) is 11.8 Å². The number of hydrogen-bond donors (Lipinski definition) is 2. The summed E-state index contributed by atoms with van der Waals surface area (Å²) in [5, 5.41) is 10.7. The van der Waals surface area contributed by atoms with Gasteiger partial charge in [-0.25, -0.2) is 9.78 Å². The summed E-state index contributed by atoms with van der Waals surface area (Å²) in [6, 6.07) is 10.8. The second kappa shape index (κ2) is 18.6. The van der Waals surface area contributed by atoms with Crippen molar-refractivity contribution in [1.29, 1.82) is 0 Å². The first-order valence-electron chi connectivity index (χ1n) is 13.5. The van der Waals surface area contributed by atoms with Gasteiger partial charge in [-0.3, -0.25) is 9.59 Å². The van der Waals surface area contributed by atoms with Crippen molar-refractivity contribution in [2.45, 2.75) is 73.0 Å². The van der Waals surface area contributed by atoms with Crippen LogP contribution in [0.1, 0.15) is 70.4 Å². The Labute approximate surface area is 237 Å². The molecule has 0 saturated heterocycles. The Morgan fingerprint density at radius 2 is 1.70 bits per heavy atom. The zero-order chi connectivity index (χ0) is 30.1. The lowest BCUT2D eigenvalue weighted by atomic mass is 9.92. The number of esters is 2. The van der Waals surface area contributed by atoms with Crippen LogP contribution in [0.15, 0.2) is 42.6 Å². The number of nitrogens with one attached hydrogen (secondary N) is 1. The van der Waals surface area contributed by atoms with Crippen molar-refractivity contribution in [2.75, 3.05) is 20.5 Å². The zero-order valence-corrected chi connectivity index (χ0v) is 24.6. The number of rotatable bonds is 14. The molecule has 2 aromatic rings. The van der Waals surface area contributed by atoms with E-state index in [0.717, 1.165) is 12.8 Å². The number of carbonyl (C=O) groups excluding carboxylic acids is 3. The molecule has 0 aliphatic carbocycles. The van der Waals surface area contributed by atoms with Crippen LogP contribution in [0.5, 0.6) is 11.5 Å². The number of benzene rings is 1. The lowest BCUT2D eigenvalue weighted by molar-refractivity contribution is -0.151. The monoisotopic (exact) mass is 560 g/mol. The second-order valence-electron chi connectivity index (χ2n) is 9.81. The lowest BCUT2D eigenvalue weighted by Gasteiger charge is -2.22. The standard InChI is InChI=1S/C26H34N2O7.C4H10O/c1-6-20(15-21-10-8-7-9-11-21)14-17(2)35-26(31)18(3)28-25(30)23-24(34-16-33-19(4)29)22(32-5)12-13-27-23;1-4(2)3-5/h7-13,17-18,20H,6,14-16H2,1-5H3,(H,28,30);4-5H,3H2,1-2H3. The fourth-order valence-electron chi connectivity index (χ4n) is 3.55. The fraction of sp³-hybridized carbons (Fsp3) is 0.533. The maximum absolute atomic E-state index is 12.8. The number of methoxy groups -OCH3 is 1. The molecule has 40 heavy (non-hydrogen) atoms. The number of nitrogens with zero attached hydrogens (tertiary/aromatic N) is 1. The van der Waals surface area contributed by atoms with E-state index in [9.17, 15) is 14.4 Å². The molecule has 1 heterocycles. The van der Waals surface area contributed by atoms with Gasteiger partial charge in [0.1, 0.15) is 6.04 Å². The van der Waals surface area contributed by atoms with E-state index in [1.807, 2.05) is 39.0 Å². The smallest absolute Gasteiger partial charge is 0.328 e. The Balaban J connectivity index is 0.00000146. The van der Waals surface area contributed by atoms with Crippen molar-refractivity contribution >= 4 is 17.8 Å². The number of ether oxygens (including phenoxy) is 4. The van der Waals surface area contributed by atoms with E-state index in [4.69, 9.17) is 24.1 Å². The van der Waals surface area contributed by atoms with Gasteiger partial charge in [0, 0.05) is 25.8 Å². The molecule has 0 fully saturated rings. The third kappa shape index (κ3) is 12.9. The number of hydrogen-bond acceptors (Lipinski definition) is 9. The first-order valence-corrected chi connectivity index (χ1v) is 13.5. The van der Waals surface area contributed by atoms with Crippen LogP contribution >= 0.6 is 0 Å². The fourth-order valence-corrected chi connectivity index (χ4v) is 3.55. The van der Waals surface area contributed by atoms with Gasteiger partial charge in [0.15, 0.2) is 17.2 Å². The van der Waals surface area contributed by atoms with Crippen LogP contribution in [0.2, 0.25) is 0 Å². The number of aromatic nitrogens is 1. The molecule has 1 aromatic carbocycles. The topological polar surface area (TPSA) is 133 Å². The van der Waals surface area contributed by atoms with Crippen molar-refractivity contribution in [1.82, 2.24) is 10.3 Å². The SMILES string of the molecule is CC(C)CO.CCC(Cc1ccccc1)CC(C)OC(=O)C(C)NC(=O)c1nccc(OC)c1OCOC(C)=O. The summed E-state index contributed by atoms with van der Waals surface area (Å²) in [5.41, 5.74) is 1.13. The molecular weight excluding hydrogens is 516 g/mol. The van der Waals surface area contributed by atoms with E-state index >= 15 is 0 Å². The minimum Gasteiger partial charge on any atom is -0.493 e. The van der Waals surface area contributed by atoms with Gasteiger partial charge in [-0.2, -0.15) is 0 Å². The minimum atomic E-state index is -0.923. The highest BCUT2D eigenvalue weighted by atomic mass is 16.7. The Bertz CT molecular complexity index is 1050. The molecule has 10 nitrogen and oxygen atoms in total. The van der Waals surface area contributed by atoms with E-state index in [2.05, 4.69) is 29.4 Å². The van der Waals surface area contributed by atoms with Crippen molar-refractivity contribution in [3.05, 3.63) is 53.9 Å². The molecule has 0 radical (unpaired) electrons. The molecule has 222 valence electrons. The summed E-state index contributed by atoms with van der Waals surface area (Å²) in [6.07, 6.45) is 3.63. The quantitative estimate of drug-likeness (QED) is 0.256. The highest BCUT2D eigenvalue weighted by Gasteiger charge is 2.25. The van der Waals surface area contributed by atoms with Gasteiger partial charge in [-0.05, 0) is 44.1 Å². The molecule has 2 rings (SSSR count). The van der Waals surface area contributed by atoms with Gasteiger partial charge in [0.2, 0.25) is 6.79 Å². The number of amides is 1. The Morgan fingerprint density at radius 1 is 1.05 bits per heavy atom. The third-order valence-corrected chi connectivity index (χ3v) is 5.76. The van der Waals surface area contributed by atoms with E-state index in [-0.39, 0.29) is 23.3 Å². The van der Waals surface area contributed by atoms with Gasteiger partial charge < -0.3 is 29.4 Å². The largest absolute Gasteiger partial charge is 0.493 e. The Kier molecular flexibility index (Phi) is 16.0. The normalized spacial score (nSPS) is 12.7. The predicted octanol–water partition coefficient (Wildman–Crippen LogP) is 4.33. The van der Waals surface area contributed by atoms with E-state index in [1.54, 1.807) is 0 Å². The molecule has 0 spiro atoms. The molecule has 0 saturated carbocycles. The van der Waals surface area contributed by atoms with Crippen molar-refractivity contribution < 1.29 is 38.4 Å². The van der Waals surface area contributed by atoms with Crippen LogP contribution in [0.3, 0.4) is 0 Å². The van der Waals surface area contributed by atoms with Crippen LogP contribution < -0.4 is 14.8 Å². The molecule has 3 atom stereocenters. The zero-order valence-electron chi connectivity index (χ0n) is 24.6. The van der Waals surface area contributed by atoms with Gasteiger partial charge in [0.05, 0.1) is 13.2 Å². The summed E-state index contributed by atoms with van der Waals surface area (Å²) < 4.78 is 21.0. The summed E-state index contributed by atoms with van der Waals surface area (Å²) >= 11 is 0. The van der Waals surface area contributed by atoms with Gasteiger partial charge in [-0.15, -0.1) is 0 Å². The molecule has 0 bridgehead atoms. The third-order valence-electron chi connectivity index (χ3n) is 5.76. The molecule has 0 aliphatic rings. The lowest BCUT2D eigenvalue weighted by Crippen LogP contribution is -2.41. The van der Waals surface area contributed by atoms with Gasteiger partial charge >= 0.3 is 11.9 Å². The molecule has 10 heteroatoms. The number of aliphatic hydroxyl groups excluding tert-OH is 1. The molecule has 0 aliphatic heterocycles. The minimum absolute atomic E-state index is 0.00520. The first kappa shape index (κ1) is 34.4. The maximum Gasteiger partial charge on any atom is 0.328 e. The van der Waals surface area contributed by atoms with E-state index < -0.39 is 30.7 Å². The van der Waals surface area contributed by atoms with Gasteiger partial charge in [-0.1, -0.05) is 57.5 Å². The summed E-state index contributed by atoms with van der Waals surface area (Å²) in [7, 11) is 1.40. The predicted molar refractivity (Wildman–Crippen MR) is 151 cm³/mol. The second-order valence-corrected chi connectivity index (χ2v) is 9.81. The number of carbonyl (C=O) groups is 3. The van der Waals surface area contributed by atoms with Crippen LogP contribution in [-0.4, -0.2) is 60.6 Å². The summed E-state index contributed by atoms with van der Waals surface area (Å²) in [5.74, 6) is -0.726. The number of pyridine rings is 1. The highest BCUT2D eigenvalue weighted by Crippen LogP contribution is 2.29. The molecule has 2 N–H and O–H groups in total. The Hall–Kier alpha value is -3.66. The van der Waals surface area contributed by atoms with Crippen LogP contribution in [0.25, 0.3) is 0 Å². The van der Waals surface area contributed by atoms with E-state index in [0.29, 0.717) is 24.9 Å². The van der Waals surface area contributed by atoms with E-state index in [1.165, 1.54) is 38.8 Å². The highest BCUT2D eigenvalue weighted by molar-refractivity contribution is 5.98. The molecular formula is C30H44N2O8. The maximum atomic E-state index is 12.8. The van der Waals surface area contributed by atoms with Crippen molar-refractivity contribution in [3.63, 3.8) is 0 Å². The summed E-state index contributed by atoms with van der Waals surface area (Å²) in [6.45, 7) is 10.6. The number of aliphatic hydroxyl groups is 1. The first-order chi connectivity index (χ1) is 19.0. The Morgan fingerprint density at radius 3 is 2.25 bits per heavy atom. The van der Waals surface area contributed by atoms with Crippen LogP contribution in [0.4, 0.5) is 0 Å². The molecule has 1 aromatic heterocycles. The van der Waals surface area contributed by atoms with Crippen LogP contribution in [-0.2, 0) is 25.5 Å².